The van der Waals surface area contributed by atoms with Crippen LogP contribution in [0.25, 0.3) is 11.4 Å². The molecule has 0 spiro atoms. The maximum Gasteiger partial charge on any atom is 0.246 e. The Balaban J connectivity index is 1.36. The van der Waals surface area contributed by atoms with E-state index < -0.39 is 10.0 Å². The van der Waals surface area contributed by atoms with Gasteiger partial charge in [0.25, 0.3) is 0 Å². The summed E-state index contributed by atoms with van der Waals surface area (Å²) in [5.41, 5.74) is 1.47. The van der Waals surface area contributed by atoms with Gasteiger partial charge >= 0.3 is 0 Å². The first-order valence-electron chi connectivity index (χ1n) is 9.86. The Morgan fingerprint density at radius 3 is 2.42 bits per heavy atom. The molecule has 2 heterocycles. The fourth-order valence-corrected chi connectivity index (χ4v) is 4.96. The second-order valence-corrected chi connectivity index (χ2v) is 9.60. The first-order valence-corrected chi connectivity index (χ1v) is 11.7. The summed E-state index contributed by atoms with van der Waals surface area (Å²) in [6, 6.07) is 13.4. The number of halogens is 1. The smallest absolute Gasteiger partial charge is 0.246 e. The number of nitrogens with one attached hydrogen (secondary N) is 1. The van der Waals surface area contributed by atoms with Crippen LogP contribution in [0.2, 0.25) is 5.02 Å². The van der Waals surface area contributed by atoms with E-state index in [1.165, 1.54) is 4.31 Å². The van der Waals surface area contributed by atoms with Crippen LogP contribution < -0.4 is 5.32 Å². The zero-order valence-electron chi connectivity index (χ0n) is 16.6. The molecule has 0 aliphatic carbocycles. The van der Waals surface area contributed by atoms with Gasteiger partial charge < -0.3 is 9.84 Å². The number of sulfonamides is 1. The van der Waals surface area contributed by atoms with Crippen LogP contribution in [-0.2, 0) is 27.8 Å². The number of amides is 1. The van der Waals surface area contributed by atoms with Gasteiger partial charge in [-0.05, 0) is 54.8 Å². The highest BCUT2D eigenvalue weighted by molar-refractivity contribution is 7.89. The Kier molecular flexibility index (Phi) is 6.35. The van der Waals surface area contributed by atoms with E-state index in [2.05, 4.69) is 15.5 Å². The molecule has 0 bridgehead atoms. The van der Waals surface area contributed by atoms with Crippen molar-refractivity contribution >= 4 is 27.5 Å². The van der Waals surface area contributed by atoms with Crippen LogP contribution in [0.3, 0.4) is 0 Å². The van der Waals surface area contributed by atoms with E-state index in [0.29, 0.717) is 29.5 Å². The SMILES string of the molecule is O=C(Cc1ccc(Cl)cc1)NCc1nc(-c2ccc(S(=O)(=O)N3CCCC3)cc2)no1. The second kappa shape index (κ2) is 9.17. The minimum absolute atomic E-state index is 0.0981. The molecular weight excluding hydrogens is 440 g/mol. The largest absolute Gasteiger partial charge is 0.347 e. The molecular formula is C21H21ClN4O4S. The van der Waals surface area contributed by atoms with Crippen molar-refractivity contribution in [3.63, 3.8) is 0 Å². The zero-order chi connectivity index (χ0) is 21.8. The first kappa shape index (κ1) is 21.5. The summed E-state index contributed by atoms with van der Waals surface area (Å²) >= 11 is 5.84. The molecule has 0 radical (unpaired) electrons. The summed E-state index contributed by atoms with van der Waals surface area (Å²) in [5.74, 6) is 0.402. The highest BCUT2D eigenvalue weighted by Gasteiger charge is 2.27. The van der Waals surface area contributed by atoms with E-state index >= 15 is 0 Å². The van der Waals surface area contributed by atoms with Crippen molar-refractivity contribution in [3.05, 3.63) is 65.0 Å². The summed E-state index contributed by atoms with van der Waals surface area (Å²) in [7, 11) is -3.46. The molecule has 0 unspecified atom stereocenters. The van der Waals surface area contributed by atoms with Crippen molar-refractivity contribution in [2.75, 3.05) is 13.1 Å². The molecule has 10 heteroatoms. The Bertz CT molecular complexity index is 1150. The zero-order valence-corrected chi connectivity index (χ0v) is 18.2. The molecule has 8 nitrogen and oxygen atoms in total. The minimum atomic E-state index is -3.46. The van der Waals surface area contributed by atoms with E-state index in [9.17, 15) is 13.2 Å². The number of rotatable bonds is 7. The number of nitrogens with zero attached hydrogens (tertiary/aromatic N) is 3. The molecule has 1 aromatic heterocycles. The molecule has 0 saturated carbocycles. The Morgan fingerprint density at radius 2 is 1.74 bits per heavy atom. The van der Waals surface area contributed by atoms with Gasteiger partial charge in [0.15, 0.2) is 0 Å². The van der Waals surface area contributed by atoms with Gasteiger partial charge in [-0.2, -0.15) is 9.29 Å². The average Bonchev–Trinajstić information content (AvgIpc) is 3.47. The van der Waals surface area contributed by atoms with Gasteiger partial charge in [-0.15, -0.1) is 0 Å². The van der Waals surface area contributed by atoms with E-state index in [1.54, 1.807) is 48.5 Å². The number of hydrogen-bond donors (Lipinski definition) is 1. The number of aromatic nitrogens is 2. The molecule has 1 N–H and O–H groups in total. The maximum absolute atomic E-state index is 12.6. The molecule has 4 rings (SSSR count). The maximum atomic E-state index is 12.6. The lowest BCUT2D eigenvalue weighted by atomic mass is 10.1. The minimum Gasteiger partial charge on any atom is -0.347 e. The highest BCUT2D eigenvalue weighted by atomic mass is 35.5. The van der Waals surface area contributed by atoms with Crippen LogP contribution in [-0.4, -0.2) is 41.9 Å². The Hall–Kier alpha value is -2.75. The van der Waals surface area contributed by atoms with E-state index in [-0.39, 0.29) is 29.7 Å². The quantitative estimate of drug-likeness (QED) is 0.581. The van der Waals surface area contributed by atoms with Crippen LogP contribution in [0.4, 0.5) is 0 Å². The molecule has 1 fully saturated rings. The normalized spacial score (nSPS) is 14.6. The number of benzene rings is 2. The van der Waals surface area contributed by atoms with Crippen LogP contribution in [0, 0.1) is 0 Å². The van der Waals surface area contributed by atoms with Crippen molar-refractivity contribution < 1.29 is 17.7 Å². The fraction of sp³-hybridized carbons (Fsp3) is 0.286. The summed E-state index contributed by atoms with van der Waals surface area (Å²) in [6.45, 7) is 1.21. The fourth-order valence-electron chi connectivity index (χ4n) is 3.32. The van der Waals surface area contributed by atoms with Crippen molar-refractivity contribution in [2.24, 2.45) is 0 Å². The molecule has 1 aliphatic heterocycles. The molecule has 1 amide bonds. The Labute approximate surface area is 185 Å². The predicted molar refractivity (Wildman–Crippen MR) is 115 cm³/mol. The summed E-state index contributed by atoms with van der Waals surface area (Å²) in [4.78, 5) is 16.6. The standard InChI is InChI=1S/C21H21ClN4O4S/c22-17-7-3-15(4-8-17)13-19(27)23-14-20-24-21(25-30-20)16-5-9-18(10-6-16)31(28,29)26-11-1-2-12-26/h3-10H,1-2,11-14H2,(H,23,27). The summed E-state index contributed by atoms with van der Waals surface area (Å²) in [5, 5.41) is 7.26. The molecule has 2 aromatic carbocycles. The monoisotopic (exact) mass is 460 g/mol. The van der Waals surface area contributed by atoms with Crippen molar-refractivity contribution in [2.45, 2.75) is 30.7 Å². The number of carbonyl (C=O) groups excluding carboxylic acids is 1. The molecule has 31 heavy (non-hydrogen) atoms. The second-order valence-electron chi connectivity index (χ2n) is 7.23. The molecule has 3 aromatic rings. The summed E-state index contributed by atoms with van der Waals surface area (Å²) < 4.78 is 31.9. The van der Waals surface area contributed by atoms with Gasteiger partial charge in [0, 0.05) is 23.7 Å². The van der Waals surface area contributed by atoms with Gasteiger partial charge in [-0.3, -0.25) is 4.79 Å². The van der Waals surface area contributed by atoms with Crippen LogP contribution in [0.1, 0.15) is 24.3 Å². The van der Waals surface area contributed by atoms with Gasteiger partial charge in [-0.1, -0.05) is 28.9 Å². The molecule has 0 atom stereocenters. The topological polar surface area (TPSA) is 105 Å². The number of hydrogen-bond acceptors (Lipinski definition) is 6. The first-order chi connectivity index (χ1) is 14.9. The molecule has 1 saturated heterocycles. The lowest BCUT2D eigenvalue weighted by Crippen LogP contribution is -2.27. The molecule has 1 aliphatic rings. The van der Waals surface area contributed by atoms with Crippen molar-refractivity contribution in [3.8, 4) is 11.4 Å². The lowest BCUT2D eigenvalue weighted by molar-refractivity contribution is -0.120. The third-order valence-electron chi connectivity index (χ3n) is 5.00. The lowest BCUT2D eigenvalue weighted by Gasteiger charge is -2.15. The van der Waals surface area contributed by atoms with Crippen LogP contribution >= 0.6 is 11.6 Å². The summed E-state index contributed by atoms with van der Waals surface area (Å²) in [6.07, 6.45) is 1.99. The highest BCUT2D eigenvalue weighted by Crippen LogP contribution is 2.23. The molecule has 162 valence electrons. The van der Waals surface area contributed by atoms with Crippen LogP contribution in [0.15, 0.2) is 57.9 Å². The van der Waals surface area contributed by atoms with Crippen molar-refractivity contribution in [1.29, 1.82) is 0 Å². The van der Waals surface area contributed by atoms with Gasteiger partial charge in [0.1, 0.15) is 0 Å². The predicted octanol–water partition coefficient (Wildman–Crippen LogP) is 3.03. The van der Waals surface area contributed by atoms with Gasteiger partial charge in [0.05, 0.1) is 17.9 Å². The van der Waals surface area contributed by atoms with E-state index in [0.717, 1.165) is 18.4 Å². The van der Waals surface area contributed by atoms with Gasteiger partial charge in [0.2, 0.25) is 27.6 Å². The van der Waals surface area contributed by atoms with Crippen LogP contribution in [0.5, 0.6) is 0 Å². The third kappa shape index (κ3) is 5.12. The van der Waals surface area contributed by atoms with Crippen molar-refractivity contribution in [1.82, 2.24) is 19.8 Å². The third-order valence-corrected chi connectivity index (χ3v) is 7.16. The van der Waals surface area contributed by atoms with Gasteiger partial charge in [-0.25, -0.2) is 8.42 Å². The average molecular weight is 461 g/mol. The Morgan fingerprint density at radius 1 is 1.06 bits per heavy atom. The number of carbonyl (C=O) groups is 1. The van der Waals surface area contributed by atoms with E-state index in [4.69, 9.17) is 16.1 Å². The van der Waals surface area contributed by atoms with E-state index in [1.807, 2.05) is 0 Å².